The van der Waals surface area contributed by atoms with E-state index in [9.17, 15) is 4.79 Å². The van der Waals surface area contributed by atoms with Crippen LogP contribution in [0.4, 0.5) is 0 Å². The summed E-state index contributed by atoms with van der Waals surface area (Å²) in [5.74, 6) is 1.13. The van der Waals surface area contributed by atoms with Crippen LogP contribution in [0.3, 0.4) is 0 Å². The van der Waals surface area contributed by atoms with Gasteiger partial charge in [0, 0.05) is 12.6 Å². The normalized spacial score (nSPS) is 17.5. The Hall–Kier alpha value is -0.220. The Morgan fingerprint density at radius 2 is 2.27 bits per heavy atom. The minimum atomic E-state index is -0.287. The molecule has 1 aliphatic rings. The maximum absolute atomic E-state index is 12.0. The maximum Gasteiger partial charge on any atom is 0.239 e. The molecule has 1 fully saturated rings. The zero-order chi connectivity index (χ0) is 11.3. The molecule has 0 spiro atoms. The fraction of sp³-hybridized carbons (Fsp3) is 0.909. The molecule has 0 aromatic carbocycles. The molecule has 0 saturated heterocycles. The summed E-state index contributed by atoms with van der Waals surface area (Å²) >= 11 is 1.75. The van der Waals surface area contributed by atoms with Gasteiger partial charge in [-0.05, 0) is 37.7 Å². The summed E-state index contributed by atoms with van der Waals surface area (Å²) in [5.41, 5.74) is 5.90. The van der Waals surface area contributed by atoms with Crippen LogP contribution in [0.1, 0.15) is 32.6 Å². The fourth-order valence-electron chi connectivity index (χ4n) is 1.68. The highest BCUT2D eigenvalue weighted by molar-refractivity contribution is 7.98. The van der Waals surface area contributed by atoms with Crippen molar-refractivity contribution in [1.29, 1.82) is 0 Å². The molecule has 0 bridgehead atoms. The largest absolute Gasteiger partial charge is 0.338 e. The second-order valence-corrected chi connectivity index (χ2v) is 5.14. The van der Waals surface area contributed by atoms with Crippen molar-refractivity contribution in [3.05, 3.63) is 0 Å². The maximum atomic E-state index is 12.0. The van der Waals surface area contributed by atoms with Crippen LogP contribution in [-0.4, -0.2) is 41.4 Å². The number of nitrogens with zero attached hydrogens (tertiary/aromatic N) is 1. The fourth-order valence-corrected chi connectivity index (χ4v) is 2.17. The van der Waals surface area contributed by atoms with Crippen LogP contribution in [0.5, 0.6) is 0 Å². The topological polar surface area (TPSA) is 46.3 Å². The Bertz CT molecular complexity index is 207. The Morgan fingerprint density at radius 1 is 1.60 bits per heavy atom. The minimum Gasteiger partial charge on any atom is -0.338 e. The van der Waals surface area contributed by atoms with Crippen molar-refractivity contribution in [3.63, 3.8) is 0 Å². The lowest BCUT2D eigenvalue weighted by Gasteiger charge is -2.25. The minimum absolute atomic E-state index is 0.161. The molecule has 0 unspecified atom stereocenters. The molecule has 1 amide bonds. The standard InChI is InChI=1S/C11H22N2OS/c1-3-7-13(9-4-5-9)11(14)10(12)6-8-15-2/h9-10H,3-8,12H2,1-2H3/t10-/m0/s1. The molecule has 0 heterocycles. The Balaban J connectivity index is 2.39. The summed E-state index contributed by atoms with van der Waals surface area (Å²) in [6.45, 7) is 2.98. The third-order valence-electron chi connectivity index (χ3n) is 2.69. The molecule has 88 valence electrons. The van der Waals surface area contributed by atoms with Crippen molar-refractivity contribution in [3.8, 4) is 0 Å². The summed E-state index contributed by atoms with van der Waals surface area (Å²) in [6.07, 6.45) is 6.20. The predicted octanol–water partition coefficient (Wildman–Crippen LogP) is 1.47. The number of nitrogens with two attached hydrogens (primary N) is 1. The van der Waals surface area contributed by atoms with E-state index in [1.165, 1.54) is 12.8 Å². The van der Waals surface area contributed by atoms with Crippen LogP contribution in [0, 0.1) is 0 Å². The zero-order valence-corrected chi connectivity index (χ0v) is 10.6. The Morgan fingerprint density at radius 3 is 2.73 bits per heavy atom. The van der Waals surface area contributed by atoms with Crippen molar-refractivity contribution in [2.24, 2.45) is 5.73 Å². The van der Waals surface area contributed by atoms with Crippen LogP contribution < -0.4 is 5.73 Å². The van der Waals surface area contributed by atoms with Crippen LogP contribution in [0.15, 0.2) is 0 Å². The van der Waals surface area contributed by atoms with Gasteiger partial charge in [-0.3, -0.25) is 4.79 Å². The van der Waals surface area contributed by atoms with E-state index in [2.05, 4.69) is 6.92 Å². The summed E-state index contributed by atoms with van der Waals surface area (Å²) in [5, 5.41) is 0. The molecule has 0 aliphatic heterocycles. The van der Waals surface area contributed by atoms with E-state index in [-0.39, 0.29) is 11.9 Å². The van der Waals surface area contributed by atoms with Crippen molar-refractivity contribution in [2.75, 3.05) is 18.6 Å². The molecule has 0 aromatic rings. The molecule has 2 N–H and O–H groups in total. The number of amides is 1. The molecular weight excluding hydrogens is 208 g/mol. The highest BCUT2D eigenvalue weighted by Gasteiger charge is 2.33. The van der Waals surface area contributed by atoms with Gasteiger partial charge in [0.05, 0.1) is 6.04 Å². The smallest absolute Gasteiger partial charge is 0.239 e. The number of thioether (sulfide) groups is 1. The number of carbonyl (C=O) groups is 1. The SMILES string of the molecule is CCCN(C(=O)[C@@H](N)CCSC)C1CC1. The van der Waals surface area contributed by atoms with Gasteiger partial charge in [0.15, 0.2) is 0 Å². The summed E-state index contributed by atoms with van der Waals surface area (Å²) in [4.78, 5) is 14.0. The average molecular weight is 230 g/mol. The van der Waals surface area contributed by atoms with E-state index < -0.39 is 0 Å². The third-order valence-corrected chi connectivity index (χ3v) is 3.33. The lowest BCUT2D eigenvalue weighted by Crippen LogP contribution is -2.45. The predicted molar refractivity (Wildman–Crippen MR) is 66.0 cm³/mol. The first-order valence-corrected chi connectivity index (χ1v) is 7.15. The van der Waals surface area contributed by atoms with E-state index >= 15 is 0 Å². The van der Waals surface area contributed by atoms with Gasteiger partial charge in [-0.1, -0.05) is 6.92 Å². The number of hydrogen-bond donors (Lipinski definition) is 1. The molecule has 1 atom stereocenters. The molecule has 1 saturated carbocycles. The first-order valence-electron chi connectivity index (χ1n) is 5.75. The second-order valence-electron chi connectivity index (χ2n) is 4.15. The molecular formula is C11H22N2OS. The van der Waals surface area contributed by atoms with Crippen LogP contribution in [0.25, 0.3) is 0 Å². The van der Waals surface area contributed by atoms with E-state index in [1.54, 1.807) is 11.8 Å². The van der Waals surface area contributed by atoms with Crippen LogP contribution in [0.2, 0.25) is 0 Å². The molecule has 3 nitrogen and oxygen atoms in total. The first kappa shape index (κ1) is 12.8. The van der Waals surface area contributed by atoms with Gasteiger partial charge in [0.25, 0.3) is 0 Å². The number of rotatable bonds is 7. The first-order chi connectivity index (χ1) is 7.20. The summed E-state index contributed by atoms with van der Waals surface area (Å²) < 4.78 is 0. The average Bonchev–Trinajstić information content (AvgIpc) is 3.05. The van der Waals surface area contributed by atoms with E-state index in [0.717, 1.165) is 25.1 Å². The zero-order valence-electron chi connectivity index (χ0n) is 9.74. The van der Waals surface area contributed by atoms with Gasteiger partial charge >= 0.3 is 0 Å². The quantitative estimate of drug-likeness (QED) is 0.720. The van der Waals surface area contributed by atoms with E-state index in [1.807, 2.05) is 11.2 Å². The Labute approximate surface area is 96.8 Å². The summed E-state index contributed by atoms with van der Waals surface area (Å²) in [6, 6.07) is 0.211. The van der Waals surface area contributed by atoms with Gasteiger partial charge in [-0.2, -0.15) is 11.8 Å². The highest BCUT2D eigenvalue weighted by Crippen LogP contribution is 2.27. The molecule has 1 rings (SSSR count). The molecule has 0 radical (unpaired) electrons. The van der Waals surface area contributed by atoms with Crippen molar-refractivity contribution in [1.82, 2.24) is 4.90 Å². The van der Waals surface area contributed by atoms with Gasteiger partial charge < -0.3 is 10.6 Å². The number of carbonyl (C=O) groups excluding carboxylic acids is 1. The lowest BCUT2D eigenvalue weighted by atomic mass is 10.2. The summed E-state index contributed by atoms with van der Waals surface area (Å²) in [7, 11) is 0. The van der Waals surface area contributed by atoms with Crippen molar-refractivity contribution in [2.45, 2.75) is 44.7 Å². The molecule has 1 aliphatic carbocycles. The van der Waals surface area contributed by atoms with Gasteiger partial charge in [-0.15, -0.1) is 0 Å². The molecule has 0 aromatic heterocycles. The van der Waals surface area contributed by atoms with Gasteiger partial charge in [0.1, 0.15) is 0 Å². The Kier molecular flexibility index (Phi) is 5.47. The van der Waals surface area contributed by atoms with Crippen LogP contribution in [-0.2, 0) is 4.79 Å². The van der Waals surface area contributed by atoms with E-state index in [4.69, 9.17) is 5.73 Å². The molecule has 4 heteroatoms. The van der Waals surface area contributed by atoms with Gasteiger partial charge in [-0.25, -0.2) is 0 Å². The highest BCUT2D eigenvalue weighted by atomic mass is 32.2. The van der Waals surface area contributed by atoms with E-state index in [0.29, 0.717) is 6.04 Å². The monoisotopic (exact) mass is 230 g/mol. The van der Waals surface area contributed by atoms with Crippen molar-refractivity contribution < 1.29 is 4.79 Å². The van der Waals surface area contributed by atoms with Crippen LogP contribution >= 0.6 is 11.8 Å². The van der Waals surface area contributed by atoms with Gasteiger partial charge in [0.2, 0.25) is 5.91 Å². The van der Waals surface area contributed by atoms with Crippen molar-refractivity contribution >= 4 is 17.7 Å². The second kappa shape index (κ2) is 6.38. The lowest BCUT2D eigenvalue weighted by molar-refractivity contribution is -0.133. The third kappa shape index (κ3) is 4.03. The number of hydrogen-bond acceptors (Lipinski definition) is 3. The molecule has 15 heavy (non-hydrogen) atoms.